The first-order valence-electron chi connectivity index (χ1n) is 13.1. The maximum Gasteiger partial charge on any atom is 0.323 e. The maximum absolute atomic E-state index is 13.2. The van der Waals surface area contributed by atoms with Crippen molar-refractivity contribution in [3.63, 3.8) is 0 Å². The smallest absolute Gasteiger partial charge is 0.323 e. The number of ether oxygens (including phenoxy) is 2. The van der Waals surface area contributed by atoms with Gasteiger partial charge in [0, 0.05) is 17.4 Å². The molecule has 0 radical (unpaired) electrons. The second-order valence-electron chi connectivity index (χ2n) is 10.6. The van der Waals surface area contributed by atoms with E-state index >= 15 is 0 Å². The molecule has 3 aromatic carbocycles. The predicted octanol–water partition coefficient (Wildman–Crippen LogP) is 4.82. The molecule has 214 valence electrons. The summed E-state index contributed by atoms with van der Waals surface area (Å²) < 4.78 is 37.1. The van der Waals surface area contributed by atoms with Gasteiger partial charge in [0.25, 0.3) is 0 Å². The molecule has 0 saturated heterocycles. The third-order valence-corrected chi connectivity index (χ3v) is 7.54. The van der Waals surface area contributed by atoms with Crippen LogP contribution >= 0.6 is 0 Å². The first kappa shape index (κ1) is 29.8. The van der Waals surface area contributed by atoms with Crippen LogP contribution in [-0.4, -0.2) is 55.6 Å². The summed E-state index contributed by atoms with van der Waals surface area (Å²) in [5.41, 5.74) is 1.82. The van der Waals surface area contributed by atoms with Crippen molar-refractivity contribution in [1.29, 1.82) is 0 Å². The fourth-order valence-corrected chi connectivity index (χ4v) is 5.64. The van der Waals surface area contributed by atoms with Gasteiger partial charge < -0.3 is 9.47 Å². The number of ketones is 1. The summed E-state index contributed by atoms with van der Waals surface area (Å²) in [7, 11) is -3.15. The highest BCUT2D eigenvalue weighted by atomic mass is 32.2. The van der Waals surface area contributed by atoms with Gasteiger partial charge in [0.2, 0.25) is 10.0 Å². The van der Waals surface area contributed by atoms with E-state index < -0.39 is 39.4 Å². The third-order valence-electron chi connectivity index (χ3n) is 6.28. The summed E-state index contributed by atoms with van der Waals surface area (Å²) in [4.78, 5) is 42.3. The van der Waals surface area contributed by atoms with Crippen LogP contribution < -0.4 is 4.72 Å². The van der Waals surface area contributed by atoms with Crippen LogP contribution in [0.15, 0.2) is 72.8 Å². The zero-order valence-corrected chi connectivity index (χ0v) is 24.2. The Morgan fingerprint density at radius 3 is 2.24 bits per heavy atom. The minimum atomic E-state index is -4.26. The van der Waals surface area contributed by atoms with Gasteiger partial charge in [-0.1, -0.05) is 66.7 Å². The molecule has 0 bridgehead atoms. The molecular weight excluding hydrogens is 544 g/mol. The molecule has 0 amide bonds. The predicted molar refractivity (Wildman–Crippen MR) is 157 cm³/mol. The number of rotatable bonds is 10. The van der Waals surface area contributed by atoms with Crippen LogP contribution in [0.1, 0.15) is 44.1 Å². The van der Waals surface area contributed by atoms with Crippen molar-refractivity contribution in [3.8, 4) is 11.1 Å². The van der Waals surface area contributed by atoms with Crippen molar-refractivity contribution < 1.29 is 32.3 Å². The molecule has 0 aliphatic rings. The van der Waals surface area contributed by atoms with E-state index in [1.165, 1.54) is 0 Å². The largest absolute Gasteiger partial charge is 0.468 e. The number of aromatic nitrogens is 1. The molecule has 9 nitrogen and oxygen atoms in total. The summed E-state index contributed by atoms with van der Waals surface area (Å²) in [6.45, 7) is 4.83. The number of hydrogen-bond donors (Lipinski definition) is 1. The Hall–Kier alpha value is -4.15. The van der Waals surface area contributed by atoms with E-state index in [0.29, 0.717) is 5.52 Å². The molecule has 1 N–H and O–H groups in total. The first-order valence-corrected chi connectivity index (χ1v) is 14.7. The van der Waals surface area contributed by atoms with Gasteiger partial charge >= 0.3 is 11.9 Å². The van der Waals surface area contributed by atoms with Gasteiger partial charge in [-0.2, -0.15) is 0 Å². The van der Waals surface area contributed by atoms with Gasteiger partial charge in [0.1, 0.15) is 17.3 Å². The number of para-hydroxylation sites is 1. The summed E-state index contributed by atoms with van der Waals surface area (Å²) in [5.74, 6) is -3.20. The van der Waals surface area contributed by atoms with Crippen LogP contribution in [0.2, 0.25) is 0 Å². The van der Waals surface area contributed by atoms with Crippen LogP contribution in [0.5, 0.6) is 0 Å². The zero-order valence-electron chi connectivity index (χ0n) is 23.3. The number of nitrogens with zero attached hydrogens (tertiary/aromatic N) is 1. The van der Waals surface area contributed by atoms with Crippen molar-refractivity contribution >= 4 is 49.4 Å². The number of fused-ring (bicyclic) bond motifs is 2. The summed E-state index contributed by atoms with van der Waals surface area (Å²) in [6, 6.07) is 21.9. The number of benzene rings is 3. The first-order chi connectivity index (χ1) is 19.4. The number of carbonyl (C=O) groups excluding carboxylic acids is 3. The molecular formula is C31H32N2O7S. The quantitative estimate of drug-likeness (QED) is 0.210. The number of hydrogen-bond acceptors (Lipinski definition) is 8. The number of esters is 2. The van der Waals surface area contributed by atoms with Crippen LogP contribution in [0, 0.1) is 0 Å². The molecule has 1 heterocycles. The lowest BCUT2D eigenvalue weighted by Gasteiger charge is -2.20. The van der Waals surface area contributed by atoms with Crippen molar-refractivity contribution in [2.24, 2.45) is 0 Å². The number of nitrogens with one attached hydrogen (secondary N) is 1. The summed E-state index contributed by atoms with van der Waals surface area (Å²) >= 11 is 0. The Morgan fingerprint density at radius 2 is 1.54 bits per heavy atom. The van der Waals surface area contributed by atoms with Crippen LogP contribution in [-0.2, 0) is 29.1 Å². The van der Waals surface area contributed by atoms with Gasteiger partial charge in [-0.3, -0.25) is 14.4 Å². The normalized spacial score (nSPS) is 12.7. The standard InChI is InChI=1S/C31H32N2O7S/c1-31(2,3)40-28(35)19-41(37,38)33-26(30(36)39-4)17-18-27(34)25-16-15-21-11-8-14-24(29(21)32-25)23-13-7-10-20-9-5-6-12-22(20)23/h5-16,26,33H,17-19H2,1-4H3. The molecule has 4 aromatic rings. The Bertz CT molecular complexity index is 1720. The average Bonchev–Trinajstić information content (AvgIpc) is 2.92. The Morgan fingerprint density at radius 1 is 0.878 bits per heavy atom. The number of sulfonamides is 1. The molecule has 0 saturated carbocycles. The van der Waals surface area contributed by atoms with E-state index in [4.69, 9.17) is 9.47 Å². The molecule has 0 aliphatic carbocycles. The van der Waals surface area contributed by atoms with Gasteiger partial charge in [-0.05, 0) is 49.6 Å². The van der Waals surface area contributed by atoms with E-state index in [1.54, 1.807) is 26.8 Å². The Labute approximate surface area is 238 Å². The van der Waals surface area contributed by atoms with Gasteiger partial charge in [-0.25, -0.2) is 18.1 Å². The van der Waals surface area contributed by atoms with Crippen molar-refractivity contribution in [1.82, 2.24) is 9.71 Å². The van der Waals surface area contributed by atoms with E-state index in [1.807, 2.05) is 66.7 Å². The zero-order chi connectivity index (χ0) is 29.8. The number of methoxy groups -OCH3 is 1. The fourth-order valence-electron chi connectivity index (χ4n) is 4.54. The fraction of sp³-hybridized carbons (Fsp3) is 0.290. The second kappa shape index (κ2) is 12.2. The number of pyridine rings is 1. The summed E-state index contributed by atoms with van der Waals surface area (Å²) in [6.07, 6.45) is -0.382. The second-order valence-corrected chi connectivity index (χ2v) is 12.4. The lowest BCUT2D eigenvalue weighted by Crippen LogP contribution is -2.44. The molecule has 1 atom stereocenters. The molecule has 0 aliphatic heterocycles. The third kappa shape index (κ3) is 7.53. The molecule has 0 fully saturated rings. The van der Waals surface area contributed by atoms with Crippen molar-refractivity contribution in [2.45, 2.75) is 45.3 Å². The lowest BCUT2D eigenvalue weighted by atomic mass is 9.96. The van der Waals surface area contributed by atoms with Gasteiger partial charge in [0.05, 0.1) is 12.6 Å². The van der Waals surface area contributed by atoms with Crippen LogP contribution in [0.25, 0.3) is 32.8 Å². The van der Waals surface area contributed by atoms with E-state index in [2.05, 4.69) is 9.71 Å². The van der Waals surface area contributed by atoms with E-state index in [9.17, 15) is 22.8 Å². The minimum Gasteiger partial charge on any atom is -0.468 e. The van der Waals surface area contributed by atoms with Crippen LogP contribution in [0.3, 0.4) is 0 Å². The van der Waals surface area contributed by atoms with E-state index in [0.717, 1.165) is 34.4 Å². The van der Waals surface area contributed by atoms with Crippen molar-refractivity contribution in [3.05, 3.63) is 78.5 Å². The van der Waals surface area contributed by atoms with Crippen molar-refractivity contribution in [2.75, 3.05) is 12.9 Å². The monoisotopic (exact) mass is 576 g/mol. The lowest BCUT2D eigenvalue weighted by molar-refractivity contribution is -0.151. The Kier molecular flexibility index (Phi) is 8.84. The molecule has 1 unspecified atom stereocenters. The summed E-state index contributed by atoms with van der Waals surface area (Å²) in [5, 5.41) is 2.99. The van der Waals surface area contributed by atoms with Crippen LogP contribution in [0.4, 0.5) is 0 Å². The molecule has 4 rings (SSSR count). The SMILES string of the molecule is COC(=O)C(CCC(=O)c1ccc2cccc(-c3cccc4ccccc34)c2n1)NS(=O)(=O)CC(=O)OC(C)(C)C. The highest BCUT2D eigenvalue weighted by Crippen LogP contribution is 2.33. The van der Waals surface area contributed by atoms with Gasteiger partial charge in [0.15, 0.2) is 11.5 Å². The van der Waals surface area contributed by atoms with Gasteiger partial charge in [-0.15, -0.1) is 0 Å². The maximum atomic E-state index is 13.2. The molecule has 1 aromatic heterocycles. The highest BCUT2D eigenvalue weighted by molar-refractivity contribution is 7.90. The highest BCUT2D eigenvalue weighted by Gasteiger charge is 2.29. The average molecular weight is 577 g/mol. The minimum absolute atomic E-state index is 0.186. The molecule has 41 heavy (non-hydrogen) atoms. The molecule has 10 heteroatoms. The molecule has 0 spiro atoms. The topological polar surface area (TPSA) is 129 Å². The number of carbonyl (C=O) groups is 3. The number of Topliss-reactive ketones (excluding diaryl/α,β-unsaturated/α-hetero) is 1. The van der Waals surface area contributed by atoms with E-state index in [-0.39, 0.29) is 24.3 Å². The Balaban J connectivity index is 1.55.